The minimum Gasteiger partial charge on any atom is -0.307 e. The Kier molecular flexibility index (Phi) is 4.27. The quantitative estimate of drug-likeness (QED) is 0.750. The summed E-state index contributed by atoms with van der Waals surface area (Å²) in [6.45, 7) is 4.41. The van der Waals surface area contributed by atoms with E-state index in [0.29, 0.717) is 6.10 Å². The molecule has 3 heteroatoms. The van der Waals surface area contributed by atoms with E-state index in [9.17, 15) is 0 Å². The molecule has 1 aromatic rings. The lowest BCUT2D eigenvalue weighted by atomic mass is 10.1. The molecule has 0 spiro atoms. The second kappa shape index (κ2) is 5.71. The third-order valence-corrected chi connectivity index (χ3v) is 3.80. The number of nitrogens with zero attached hydrogens (tertiary/aromatic N) is 1. The zero-order valence-electron chi connectivity index (χ0n) is 9.98. The Hall–Kier alpha value is -0.510. The van der Waals surface area contributed by atoms with Crippen LogP contribution in [0.25, 0.3) is 0 Å². The lowest BCUT2D eigenvalue weighted by Gasteiger charge is -2.28. The molecule has 0 radical (unpaired) electrons. The van der Waals surface area contributed by atoms with Crippen LogP contribution in [0.2, 0.25) is 0 Å². The van der Waals surface area contributed by atoms with Crippen LogP contribution in [0.3, 0.4) is 0 Å². The van der Waals surface area contributed by atoms with E-state index >= 15 is 0 Å². The number of hydrogen-bond donors (Lipinski definition) is 0. The standard InChI is InChI=1S/C13H19NOS/c1-11-3-5-13(6-4-11)16-15-12-7-9-14(2)10-8-12/h3-6,12H,7-10H2,1-2H3. The van der Waals surface area contributed by atoms with E-state index in [4.69, 9.17) is 4.18 Å². The van der Waals surface area contributed by atoms with E-state index in [1.54, 1.807) is 0 Å². The summed E-state index contributed by atoms with van der Waals surface area (Å²) >= 11 is 1.52. The van der Waals surface area contributed by atoms with Crippen molar-refractivity contribution in [3.8, 4) is 0 Å². The molecule has 2 nitrogen and oxygen atoms in total. The molecule has 0 amide bonds. The molecule has 1 aliphatic rings. The van der Waals surface area contributed by atoms with Crippen molar-refractivity contribution in [3.05, 3.63) is 29.8 Å². The van der Waals surface area contributed by atoms with Crippen molar-refractivity contribution in [3.63, 3.8) is 0 Å². The first-order valence-electron chi connectivity index (χ1n) is 5.82. The largest absolute Gasteiger partial charge is 0.307 e. The van der Waals surface area contributed by atoms with Gasteiger partial charge in [-0.3, -0.25) is 0 Å². The first-order chi connectivity index (χ1) is 7.74. The summed E-state index contributed by atoms with van der Waals surface area (Å²) in [5.41, 5.74) is 1.30. The fraction of sp³-hybridized carbons (Fsp3) is 0.538. The topological polar surface area (TPSA) is 12.5 Å². The fourth-order valence-corrected chi connectivity index (χ4v) is 2.49. The lowest BCUT2D eigenvalue weighted by molar-refractivity contribution is 0.134. The number of benzene rings is 1. The Labute approximate surface area is 102 Å². The predicted octanol–water partition coefficient (Wildman–Crippen LogP) is 3.11. The molecular formula is C13H19NOS. The Morgan fingerprint density at radius 1 is 1.19 bits per heavy atom. The van der Waals surface area contributed by atoms with E-state index in [1.807, 2.05) is 0 Å². The number of piperidine rings is 1. The third kappa shape index (κ3) is 3.51. The minimum atomic E-state index is 0.419. The normalized spacial score (nSPS) is 18.9. The van der Waals surface area contributed by atoms with Crippen LogP contribution in [0.4, 0.5) is 0 Å². The third-order valence-electron chi connectivity index (χ3n) is 2.97. The molecule has 0 saturated carbocycles. The molecule has 0 unspecified atom stereocenters. The van der Waals surface area contributed by atoms with Crippen molar-refractivity contribution >= 4 is 12.0 Å². The average molecular weight is 237 g/mol. The highest BCUT2D eigenvalue weighted by Gasteiger charge is 2.17. The molecule has 2 rings (SSSR count). The molecular weight excluding hydrogens is 218 g/mol. The predicted molar refractivity (Wildman–Crippen MR) is 68.6 cm³/mol. The van der Waals surface area contributed by atoms with Gasteiger partial charge in [-0.1, -0.05) is 17.7 Å². The molecule has 1 heterocycles. The van der Waals surface area contributed by atoms with Crippen LogP contribution in [-0.4, -0.2) is 31.1 Å². The van der Waals surface area contributed by atoms with Gasteiger partial charge in [0.2, 0.25) is 0 Å². The molecule has 0 N–H and O–H groups in total. The molecule has 88 valence electrons. The summed E-state index contributed by atoms with van der Waals surface area (Å²) in [4.78, 5) is 3.56. The summed E-state index contributed by atoms with van der Waals surface area (Å²) in [5.74, 6) is 0. The van der Waals surface area contributed by atoms with Gasteiger partial charge in [-0.2, -0.15) is 0 Å². The van der Waals surface area contributed by atoms with Crippen LogP contribution in [0.5, 0.6) is 0 Å². The Bertz CT molecular complexity index is 317. The van der Waals surface area contributed by atoms with Gasteiger partial charge in [-0.05, 0) is 38.9 Å². The summed E-state index contributed by atoms with van der Waals surface area (Å²) in [7, 11) is 2.17. The van der Waals surface area contributed by atoms with Gasteiger partial charge >= 0.3 is 0 Å². The molecule has 1 saturated heterocycles. The van der Waals surface area contributed by atoms with Gasteiger partial charge in [0.15, 0.2) is 0 Å². The van der Waals surface area contributed by atoms with Crippen LogP contribution >= 0.6 is 12.0 Å². The maximum atomic E-state index is 5.85. The second-order valence-corrected chi connectivity index (χ2v) is 5.33. The summed E-state index contributed by atoms with van der Waals surface area (Å²) in [6, 6.07) is 8.49. The van der Waals surface area contributed by atoms with Crippen LogP contribution in [0, 0.1) is 6.92 Å². The molecule has 0 bridgehead atoms. The highest BCUT2D eigenvalue weighted by molar-refractivity contribution is 7.94. The fourth-order valence-electron chi connectivity index (χ4n) is 1.80. The molecule has 1 aromatic carbocycles. The zero-order valence-corrected chi connectivity index (χ0v) is 10.8. The molecule has 16 heavy (non-hydrogen) atoms. The molecule has 0 atom stereocenters. The van der Waals surface area contributed by atoms with Crippen LogP contribution in [0.15, 0.2) is 29.2 Å². The maximum absolute atomic E-state index is 5.85. The highest BCUT2D eigenvalue weighted by Crippen LogP contribution is 2.25. The van der Waals surface area contributed by atoms with E-state index in [-0.39, 0.29) is 0 Å². The van der Waals surface area contributed by atoms with Gasteiger partial charge in [0.1, 0.15) is 0 Å². The van der Waals surface area contributed by atoms with Gasteiger partial charge in [0, 0.05) is 30.0 Å². The van der Waals surface area contributed by atoms with Crippen molar-refractivity contribution in [2.24, 2.45) is 0 Å². The number of aryl methyl sites for hydroxylation is 1. The zero-order chi connectivity index (χ0) is 11.4. The van der Waals surface area contributed by atoms with Gasteiger partial charge in [-0.25, -0.2) is 0 Å². The van der Waals surface area contributed by atoms with Crippen molar-refractivity contribution < 1.29 is 4.18 Å². The summed E-state index contributed by atoms with van der Waals surface area (Å²) in [6.07, 6.45) is 2.72. The Morgan fingerprint density at radius 2 is 1.81 bits per heavy atom. The van der Waals surface area contributed by atoms with Gasteiger partial charge in [0.05, 0.1) is 6.10 Å². The number of likely N-dealkylation sites (tertiary alicyclic amines) is 1. The number of hydrogen-bond acceptors (Lipinski definition) is 3. The van der Waals surface area contributed by atoms with Gasteiger partial charge < -0.3 is 9.08 Å². The molecule has 0 aromatic heterocycles. The summed E-state index contributed by atoms with van der Waals surface area (Å²) in [5, 5.41) is 0. The van der Waals surface area contributed by atoms with Crippen LogP contribution in [0.1, 0.15) is 18.4 Å². The van der Waals surface area contributed by atoms with E-state index in [2.05, 4.69) is 43.1 Å². The maximum Gasteiger partial charge on any atom is 0.0751 e. The van der Waals surface area contributed by atoms with Crippen molar-refractivity contribution in [1.82, 2.24) is 4.90 Å². The van der Waals surface area contributed by atoms with E-state index in [1.165, 1.54) is 22.5 Å². The lowest BCUT2D eigenvalue weighted by Crippen LogP contribution is -2.33. The highest BCUT2D eigenvalue weighted by atomic mass is 32.2. The van der Waals surface area contributed by atoms with Crippen molar-refractivity contribution in [2.75, 3.05) is 20.1 Å². The smallest absolute Gasteiger partial charge is 0.0751 e. The SMILES string of the molecule is Cc1ccc(SOC2CCN(C)CC2)cc1. The minimum absolute atomic E-state index is 0.419. The van der Waals surface area contributed by atoms with Crippen molar-refractivity contribution in [1.29, 1.82) is 0 Å². The Morgan fingerprint density at radius 3 is 2.44 bits per heavy atom. The van der Waals surface area contributed by atoms with E-state index in [0.717, 1.165) is 25.9 Å². The average Bonchev–Trinajstić information content (AvgIpc) is 2.30. The van der Waals surface area contributed by atoms with Crippen LogP contribution < -0.4 is 0 Å². The molecule has 1 fully saturated rings. The van der Waals surface area contributed by atoms with Gasteiger partial charge in [-0.15, -0.1) is 0 Å². The van der Waals surface area contributed by atoms with Crippen LogP contribution in [-0.2, 0) is 4.18 Å². The number of rotatable bonds is 3. The van der Waals surface area contributed by atoms with Crippen molar-refractivity contribution in [2.45, 2.75) is 30.8 Å². The monoisotopic (exact) mass is 237 g/mol. The Balaban J connectivity index is 1.77. The second-order valence-electron chi connectivity index (χ2n) is 4.50. The molecule has 1 aliphatic heterocycles. The van der Waals surface area contributed by atoms with Gasteiger partial charge in [0.25, 0.3) is 0 Å². The van der Waals surface area contributed by atoms with E-state index < -0.39 is 0 Å². The first-order valence-corrected chi connectivity index (χ1v) is 6.57. The summed E-state index contributed by atoms with van der Waals surface area (Å²) < 4.78 is 5.85. The first kappa shape index (κ1) is 12.0. The molecule has 0 aliphatic carbocycles.